The zero-order valence-electron chi connectivity index (χ0n) is 10.2. The molecule has 0 fully saturated rings. The van der Waals surface area contributed by atoms with Crippen LogP contribution in [0.1, 0.15) is 5.56 Å². The summed E-state index contributed by atoms with van der Waals surface area (Å²) in [6, 6.07) is 2.17. The summed E-state index contributed by atoms with van der Waals surface area (Å²) in [5.41, 5.74) is 0.526. The van der Waals surface area contributed by atoms with Crippen molar-refractivity contribution in [3.05, 3.63) is 35.1 Å². The van der Waals surface area contributed by atoms with Gasteiger partial charge in [-0.25, -0.2) is 13.2 Å². The summed E-state index contributed by atoms with van der Waals surface area (Å²) >= 11 is 0. The van der Waals surface area contributed by atoms with E-state index in [-0.39, 0.29) is 0 Å². The Balaban J connectivity index is 2.85. The predicted molar refractivity (Wildman–Crippen MR) is 67.6 cm³/mol. The summed E-state index contributed by atoms with van der Waals surface area (Å²) in [5, 5.41) is 0. The van der Waals surface area contributed by atoms with E-state index in [2.05, 4.69) is 25.0 Å². The Hall–Kier alpha value is -0.640. The lowest BCUT2D eigenvalue weighted by molar-refractivity contribution is 0.445. The van der Waals surface area contributed by atoms with E-state index >= 15 is 0 Å². The van der Waals surface area contributed by atoms with E-state index in [9.17, 15) is 13.2 Å². The van der Waals surface area contributed by atoms with E-state index in [0.29, 0.717) is 12.0 Å². The molecule has 16 heavy (non-hydrogen) atoms. The third-order valence-electron chi connectivity index (χ3n) is 2.34. The van der Waals surface area contributed by atoms with Gasteiger partial charge < -0.3 is 0 Å². The monoisotopic (exact) mass is 252 g/mol. The Bertz CT molecular complexity index is 372. The van der Waals surface area contributed by atoms with Gasteiger partial charge in [0.25, 0.3) is 0 Å². The molecule has 0 heterocycles. The fourth-order valence-corrected chi connectivity index (χ4v) is 2.48. The molecule has 0 saturated carbocycles. The van der Waals surface area contributed by atoms with Crippen molar-refractivity contribution in [1.29, 1.82) is 0 Å². The Morgan fingerprint density at radius 3 is 1.75 bits per heavy atom. The van der Waals surface area contributed by atoms with Crippen molar-refractivity contribution < 1.29 is 13.2 Å². The lowest BCUT2D eigenvalue weighted by Crippen LogP contribution is -2.17. The molecule has 1 rings (SSSR count). The standard InChI is InChI=1S/C12H19F3S/c1-16(2,3,4)6-5-9-7-10(13)12(15)11(14)8-9/h7-8,16H,5-6H2,1-4H3. The average molecular weight is 252 g/mol. The van der Waals surface area contributed by atoms with Crippen LogP contribution in [0.5, 0.6) is 0 Å². The maximum Gasteiger partial charge on any atom is 0.194 e. The van der Waals surface area contributed by atoms with Gasteiger partial charge in [0.05, 0.1) is 0 Å². The minimum absolute atomic E-state index is 0.526. The van der Waals surface area contributed by atoms with Crippen LogP contribution in [0, 0.1) is 17.5 Å². The maximum atomic E-state index is 13.0. The zero-order chi connectivity index (χ0) is 12.6. The van der Waals surface area contributed by atoms with Gasteiger partial charge in [-0.3, -0.25) is 9.16 Å². The van der Waals surface area contributed by atoms with E-state index in [1.807, 2.05) is 0 Å². The van der Waals surface area contributed by atoms with Crippen molar-refractivity contribution in [2.24, 2.45) is 0 Å². The summed E-state index contributed by atoms with van der Waals surface area (Å²) in [7, 11) is -1.69. The van der Waals surface area contributed by atoms with Crippen LogP contribution < -0.4 is 0 Å². The molecule has 0 aromatic heterocycles. The van der Waals surface area contributed by atoms with Crippen LogP contribution in [0.15, 0.2) is 12.1 Å². The van der Waals surface area contributed by atoms with Crippen LogP contribution in [-0.4, -0.2) is 30.8 Å². The number of rotatable bonds is 3. The van der Waals surface area contributed by atoms with E-state index in [1.165, 1.54) is 0 Å². The Labute approximate surface area is 95.1 Å². The highest BCUT2D eigenvalue weighted by Crippen LogP contribution is 2.55. The summed E-state index contributed by atoms with van der Waals surface area (Å²) in [4.78, 5) is 0. The number of benzene rings is 1. The first-order valence-corrected chi connectivity index (χ1v) is 9.39. The van der Waals surface area contributed by atoms with Gasteiger partial charge in [0.15, 0.2) is 17.5 Å². The second-order valence-electron chi connectivity index (χ2n) is 6.30. The van der Waals surface area contributed by atoms with Crippen LogP contribution in [0.3, 0.4) is 0 Å². The first kappa shape index (κ1) is 13.4. The number of thiol groups is 1. The highest BCUT2D eigenvalue weighted by Gasteiger charge is 2.19. The minimum Gasteiger partial charge on any atom is -0.292 e. The normalized spacial score (nSPS) is 14.6. The lowest BCUT2D eigenvalue weighted by Gasteiger charge is -2.47. The van der Waals surface area contributed by atoms with Gasteiger partial charge >= 0.3 is 0 Å². The highest BCUT2D eigenvalue weighted by atomic mass is 32.3. The molecule has 94 valence electrons. The zero-order valence-corrected chi connectivity index (χ0v) is 11.0. The summed E-state index contributed by atoms with van der Waals surface area (Å²) in [6.07, 6.45) is 9.37. The van der Waals surface area contributed by atoms with Gasteiger partial charge in [-0.1, -0.05) is 0 Å². The molecule has 0 radical (unpaired) electrons. The van der Waals surface area contributed by atoms with Gasteiger partial charge in [-0.05, 0) is 54.9 Å². The van der Waals surface area contributed by atoms with Crippen LogP contribution in [0.2, 0.25) is 0 Å². The molecular formula is C12H19F3S. The van der Waals surface area contributed by atoms with Crippen molar-refractivity contribution in [2.75, 3.05) is 30.8 Å². The molecule has 0 bridgehead atoms. The molecule has 0 aliphatic heterocycles. The third kappa shape index (κ3) is 4.08. The smallest absolute Gasteiger partial charge is 0.194 e. The quantitative estimate of drug-likeness (QED) is 0.619. The first-order valence-electron chi connectivity index (χ1n) is 5.18. The highest BCUT2D eigenvalue weighted by molar-refractivity contribution is 8.47. The van der Waals surface area contributed by atoms with Crippen molar-refractivity contribution in [2.45, 2.75) is 6.42 Å². The van der Waals surface area contributed by atoms with Gasteiger partial charge in [-0.15, -0.1) is 0 Å². The summed E-state index contributed by atoms with van der Waals surface area (Å²) < 4.78 is 38.6. The van der Waals surface area contributed by atoms with E-state index in [1.54, 1.807) is 0 Å². The fourth-order valence-electron chi connectivity index (χ4n) is 1.33. The summed E-state index contributed by atoms with van der Waals surface area (Å²) in [5.74, 6) is -2.69. The molecule has 0 aliphatic carbocycles. The predicted octanol–water partition coefficient (Wildman–Crippen LogP) is 3.24. The fraction of sp³-hybridized carbons (Fsp3) is 0.500. The third-order valence-corrected chi connectivity index (χ3v) is 4.35. The molecule has 0 atom stereocenters. The van der Waals surface area contributed by atoms with Crippen molar-refractivity contribution in [1.82, 2.24) is 0 Å². The molecule has 0 unspecified atom stereocenters. The molecule has 4 heteroatoms. The number of aryl methyl sites for hydroxylation is 1. The first-order chi connectivity index (χ1) is 7.05. The molecule has 1 aromatic rings. The van der Waals surface area contributed by atoms with E-state index < -0.39 is 26.6 Å². The van der Waals surface area contributed by atoms with Crippen molar-refractivity contribution >= 4 is 9.16 Å². The minimum atomic E-state index is -1.69. The molecule has 0 aliphatic rings. The molecule has 0 N–H and O–H groups in total. The van der Waals surface area contributed by atoms with Crippen LogP contribution in [-0.2, 0) is 6.42 Å². The van der Waals surface area contributed by atoms with Crippen molar-refractivity contribution in [3.8, 4) is 0 Å². The number of halogens is 3. The lowest BCUT2D eigenvalue weighted by atomic mass is 10.1. The summed E-state index contributed by atoms with van der Waals surface area (Å²) in [6.45, 7) is 0. The number of hydrogen-bond donors (Lipinski definition) is 1. The van der Waals surface area contributed by atoms with Gasteiger partial charge in [0, 0.05) is 0 Å². The van der Waals surface area contributed by atoms with Crippen LogP contribution in [0.4, 0.5) is 13.2 Å². The topological polar surface area (TPSA) is 0 Å². The van der Waals surface area contributed by atoms with Gasteiger partial charge in [0.1, 0.15) is 0 Å². The van der Waals surface area contributed by atoms with Gasteiger partial charge in [0.2, 0.25) is 0 Å². The Morgan fingerprint density at radius 2 is 1.38 bits per heavy atom. The molecule has 0 spiro atoms. The molecular weight excluding hydrogens is 233 g/mol. The largest absolute Gasteiger partial charge is 0.292 e. The Morgan fingerprint density at radius 1 is 0.938 bits per heavy atom. The van der Waals surface area contributed by atoms with E-state index in [4.69, 9.17) is 0 Å². The number of hydrogen-bond acceptors (Lipinski definition) is 0. The molecule has 0 amide bonds. The SMILES string of the molecule is C[SH](C)(C)(C)CCc1cc(F)c(F)c(F)c1. The van der Waals surface area contributed by atoms with Gasteiger partial charge in [-0.2, -0.15) is 0 Å². The molecule has 0 saturated heterocycles. The van der Waals surface area contributed by atoms with Crippen LogP contribution >= 0.6 is 9.16 Å². The maximum absolute atomic E-state index is 13.0. The van der Waals surface area contributed by atoms with Crippen molar-refractivity contribution in [3.63, 3.8) is 0 Å². The average Bonchev–Trinajstić information content (AvgIpc) is 2.08. The second kappa shape index (κ2) is 3.99. The Kier molecular flexibility index (Phi) is 3.34. The van der Waals surface area contributed by atoms with E-state index in [0.717, 1.165) is 17.9 Å². The molecule has 1 aromatic carbocycles. The van der Waals surface area contributed by atoms with Crippen LogP contribution in [0.25, 0.3) is 0 Å². The molecule has 0 nitrogen and oxygen atoms in total. The second-order valence-corrected chi connectivity index (χ2v) is 14.6.